The Labute approximate surface area is 189 Å². The van der Waals surface area contributed by atoms with Crippen LogP contribution in [0.5, 0.6) is 0 Å². The minimum Gasteiger partial charge on any atom is -0.394 e. The number of aromatic nitrogens is 5. The van der Waals surface area contributed by atoms with Gasteiger partial charge in [0.1, 0.15) is 0 Å². The minimum atomic E-state index is -2.58. The smallest absolute Gasteiger partial charge is 0.248 e. The predicted octanol–water partition coefficient (Wildman–Crippen LogP) is 2.52. The molecule has 1 aliphatic carbocycles. The molecule has 0 amide bonds. The van der Waals surface area contributed by atoms with Crippen LogP contribution in [0.2, 0.25) is 0 Å². The van der Waals surface area contributed by atoms with E-state index in [1.54, 1.807) is 34.0 Å². The molecule has 11 heteroatoms. The summed E-state index contributed by atoms with van der Waals surface area (Å²) in [6.07, 6.45) is 9.05. The lowest BCUT2D eigenvalue weighted by atomic mass is 9.75. The van der Waals surface area contributed by atoms with Crippen molar-refractivity contribution in [1.29, 1.82) is 5.41 Å². The molecule has 3 aromatic heterocycles. The highest BCUT2D eigenvalue weighted by Gasteiger charge is 2.48. The molecule has 0 aliphatic heterocycles. The number of nitrogens with one attached hydrogen (secondary N) is 2. The van der Waals surface area contributed by atoms with Gasteiger partial charge in [0.15, 0.2) is 0 Å². The zero-order valence-electron chi connectivity index (χ0n) is 18.2. The second-order valence-electron chi connectivity index (χ2n) is 8.33. The van der Waals surface area contributed by atoms with Crippen LogP contribution in [-0.4, -0.2) is 66.0 Å². The molecule has 1 saturated carbocycles. The number of halogens is 2. The average molecular weight is 460 g/mol. The highest BCUT2D eigenvalue weighted by molar-refractivity contribution is 6.07. The number of rotatable bonds is 10. The van der Waals surface area contributed by atoms with Crippen molar-refractivity contribution in [2.24, 2.45) is 5.92 Å². The van der Waals surface area contributed by atoms with Crippen molar-refractivity contribution < 1.29 is 19.0 Å². The molecule has 9 nitrogen and oxygen atoms in total. The molecule has 2 unspecified atom stereocenters. The lowest BCUT2D eigenvalue weighted by Crippen LogP contribution is -2.40. The Kier molecular flexibility index (Phi) is 6.52. The molecule has 0 spiro atoms. The van der Waals surface area contributed by atoms with Crippen LogP contribution >= 0.6 is 0 Å². The summed E-state index contributed by atoms with van der Waals surface area (Å²) in [7, 11) is 0. The summed E-state index contributed by atoms with van der Waals surface area (Å²) in [5, 5.41) is 37.8. The van der Waals surface area contributed by atoms with E-state index < -0.39 is 12.0 Å². The van der Waals surface area contributed by atoms with Gasteiger partial charge in [0.25, 0.3) is 0 Å². The Hall–Kier alpha value is -3.18. The second-order valence-corrected chi connectivity index (χ2v) is 8.33. The van der Waals surface area contributed by atoms with Crippen LogP contribution in [0, 0.1) is 11.3 Å². The number of nitrogens with zero attached hydrogens (tertiary/aromatic N) is 5. The van der Waals surface area contributed by atoms with Gasteiger partial charge in [-0.15, -0.1) is 0 Å². The van der Waals surface area contributed by atoms with Crippen LogP contribution in [0.25, 0.3) is 22.3 Å². The van der Waals surface area contributed by atoms with Gasteiger partial charge in [0.05, 0.1) is 54.2 Å². The fourth-order valence-corrected chi connectivity index (χ4v) is 4.20. The Morgan fingerprint density at radius 2 is 2.15 bits per heavy atom. The maximum Gasteiger partial charge on any atom is 0.248 e. The van der Waals surface area contributed by atoms with E-state index in [4.69, 9.17) is 15.5 Å². The summed E-state index contributed by atoms with van der Waals surface area (Å²) in [6, 6.07) is 1.71. The highest BCUT2D eigenvalue weighted by atomic mass is 19.3. The molecule has 0 bridgehead atoms. The lowest BCUT2D eigenvalue weighted by Gasteiger charge is -2.39. The number of fused-ring (bicyclic) bond motifs is 1. The van der Waals surface area contributed by atoms with Crippen LogP contribution in [0.4, 0.5) is 8.78 Å². The predicted molar refractivity (Wildman–Crippen MR) is 119 cm³/mol. The third-order valence-corrected chi connectivity index (χ3v) is 5.96. The molecule has 0 aromatic carbocycles. The summed E-state index contributed by atoms with van der Waals surface area (Å²) in [6.45, 7) is 1.72. The zero-order valence-corrected chi connectivity index (χ0v) is 18.2. The van der Waals surface area contributed by atoms with Gasteiger partial charge in [0, 0.05) is 49.1 Å². The topological polar surface area (TPSA) is 124 Å². The van der Waals surface area contributed by atoms with E-state index in [2.05, 4.69) is 15.5 Å². The molecule has 3 aromatic rings. The third-order valence-electron chi connectivity index (χ3n) is 5.96. The minimum absolute atomic E-state index is 0.110. The van der Waals surface area contributed by atoms with E-state index in [1.165, 1.54) is 0 Å². The molecule has 4 rings (SSSR count). The van der Waals surface area contributed by atoms with Crippen molar-refractivity contribution >= 4 is 17.3 Å². The molecule has 0 radical (unpaired) electrons. The van der Waals surface area contributed by atoms with Crippen LogP contribution in [0.1, 0.15) is 37.9 Å². The van der Waals surface area contributed by atoms with Crippen LogP contribution in [0.15, 0.2) is 37.1 Å². The molecule has 176 valence electrons. The van der Waals surface area contributed by atoms with E-state index >= 15 is 0 Å². The fourth-order valence-electron chi connectivity index (χ4n) is 4.20. The van der Waals surface area contributed by atoms with Crippen molar-refractivity contribution in [2.45, 2.75) is 44.3 Å². The Morgan fingerprint density at radius 1 is 1.36 bits per heavy atom. The van der Waals surface area contributed by atoms with Gasteiger partial charge in [-0.3, -0.25) is 4.68 Å². The lowest BCUT2D eigenvalue weighted by molar-refractivity contribution is -0.125. The standard InChI is InChI=1S/C22H27F2N7O2/c1-2-19(14-5-22(23,24)6-14)30-11-16(9-28-30)21-20-3-4-27-31(20)12-18(29-21)15(7-25)8-26-10-17(33)13-32/h3-4,7-9,11-12,14,17,19,25-26,32-33H,2,5-6,10,13H2,1H3/b15-8+,25-7?. The molecule has 0 saturated heterocycles. The van der Waals surface area contributed by atoms with Gasteiger partial charge in [-0.25, -0.2) is 18.3 Å². The largest absolute Gasteiger partial charge is 0.394 e. The van der Waals surface area contributed by atoms with Crippen molar-refractivity contribution in [3.05, 3.63) is 42.7 Å². The van der Waals surface area contributed by atoms with Crippen molar-refractivity contribution in [3.63, 3.8) is 0 Å². The molecule has 1 fully saturated rings. The molecular formula is C22H27F2N7O2. The zero-order chi connectivity index (χ0) is 23.6. The van der Waals surface area contributed by atoms with E-state index in [-0.39, 0.29) is 38.0 Å². The van der Waals surface area contributed by atoms with Gasteiger partial charge in [-0.05, 0) is 18.4 Å². The summed E-state index contributed by atoms with van der Waals surface area (Å²) < 4.78 is 30.2. The normalized spacial score (nSPS) is 18.2. The summed E-state index contributed by atoms with van der Waals surface area (Å²) in [4.78, 5) is 4.73. The molecule has 33 heavy (non-hydrogen) atoms. The van der Waals surface area contributed by atoms with Crippen LogP contribution in [-0.2, 0) is 0 Å². The molecule has 4 N–H and O–H groups in total. The number of hydrogen-bond donors (Lipinski definition) is 4. The number of aliphatic hydroxyl groups excluding tert-OH is 2. The van der Waals surface area contributed by atoms with Gasteiger partial charge >= 0.3 is 0 Å². The molecule has 3 heterocycles. The quantitative estimate of drug-likeness (QED) is 0.346. The first kappa shape index (κ1) is 23.0. The molecular weight excluding hydrogens is 432 g/mol. The maximum atomic E-state index is 13.4. The van der Waals surface area contributed by atoms with E-state index in [0.717, 1.165) is 17.3 Å². The summed E-state index contributed by atoms with van der Waals surface area (Å²) in [5.74, 6) is -2.69. The number of allylic oxidation sites excluding steroid dienone is 1. The Bertz CT molecular complexity index is 1150. The summed E-state index contributed by atoms with van der Waals surface area (Å²) >= 11 is 0. The van der Waals surface area contributed by atoms with Gasteiger partial charge < -0.3 is 20.9 Å². The molecule has 2 atom stereocenters. The molecule has 1 aliphatic rings. The maximum absolute atomic E-state index is 13.4. The van der Waals surface area contributed by atoms with Crippen molar-refractivity contribution in [2.75, 3.05) is 13.2 Å². The Morgan fingerprint density at radius 3 is 2.82 bits per heavy atom. The van der Waals surface area contributed by atoms with Crippen molar-refractivity contribution in [1.82, 2.24) is 29.7 Å². The fraction of sp³-hybridized carbons (Fsp3) is 0.455. The summed E-state index contributed by atoms with van der Waals surface area (Å²) in [5.41, 5.74) is 3.00. The first-order valence-corrected chi connectivity index (χ1v) is 10.8. The number of alkyl halides is 2. The number of aliphatic hydroxyl groups is 2. The first-order valence-electron chi connectivity index (χ1n) is 10.8. The van der Waals surface area contributed by atoms with E-state index in [1.807, 2.05) is 19.2 Å². The van der Waals surface area contributed by atoms with E-state index in [0.29, 0.717) is 23.4 Å². The first-order chi connectivity index (χ1) is 15.8. The SMILES string of the molecule is CCC(C1CC(F)(F)C1)n1cc(-c2nc(/C(C=N)=C/NCC(O)CO)cn3nccc23)cn1. The highest BCUT2D eigenvalue weighted by Crippen LogP contribution is 2.48. The van der Waals surface area contributed by atoms with Crippen LogP contribution < -0.4 is 5.32 Å². The Balaban J connectivity index is 1.65. The van der Waals surface area contributed by atoms with Crippen molar-refractivity contribution in [3.8, 4) is 11.3 Å². The van der Waals surface area contributed by atoms with E-state index in [9.17, 15) is 13.9 Å². The monoisotopic (exact) mass is 459 g/mol. The third kappa shape index (κ3) is 4.79. The number of hydrogen-bond acceptors (Lipinski definition) is 7. The van der Waals surface area contributed by atoms with Crippen LogP contribution in [0.3, 0.4) is 0 Å². The van der Waals surface area contributed by atoms with Gasteiger partial charge in [-0.2, -0.15) is 10.2 Å². The van der Waals surface area contributed by atoms with Gasteiger partial charge in [0.2, 0.25) is 5.92 Å². The second kappa shape index (κ2) is 9.36. The average Bonchev–Trinajstić information content (AvgIpc) is 3.45. The van der Waals surface area contributed by atoms with Gasteiger partial charge in [-0.1, -0.05) is 6.92 Å².